The van der Waals surface area contributed by atoms with Crippen molar-refractivity contribution in [3.8, 4) is 0 Å². The highest BCUT2D eigenvalue weighted by Crippen LogP contribution is 2.43. The Bertz CT molecular complexity index is 1250. The molecular formula is C23H27BrN8O. The number of amides is 2. The van der Waals surface area contributed by atoms with Crippen molar-refractivity contribution in [3.05, 3.63) is 46.7 Å². The number of nitrogens with zero attached hydrogens (tertiary/aromatic N) is 7. The second-order valence-electron chi connectivity index (χ2n) is 9.75. The molecule has 3 aromatic rings. The van der Waals surface area contributed by atoms with Gasteiger partial charge in [-0.25, -0.2) is 19.7 Å². The van der Waals surface area contributed by atoms with Crippen LogP contribution < -0.4 is 10.2 Å². The number of halogens is 1. The van der Waals surface area contributed by atoms with E-state index in [9.17, 15) is 4.79 Å². The molecule has 0 bridgehead atoms. The van der Waals surface area contributed by atoms with E-state index < -0.39 is 0 Å². The van der Waals surface area contributed by atoms with E-state index >= 15 is 0 Å². The van der Waals surface area contributed by atoms with Crippen LogP contribution in [0.2, 0.25) is 0 Å². The number of likely N-dealkylation sites (N-methyl/N-ethyl adjacent to an activating group) is 2. The number of rotatable bonds is 5. The van der Waals surface area contributed by atoms with Gasteiger partial charge in [0.1, 0.15) is 16.7 Å². The topological polar surface area (TPSA) is 81.9 Å². The number of imidazole rings is 1. The molecule has 0 unspecified atom stereocenters. The number of fused-ring (bicyclic) bond motifs is 1. The molecule has 1 atom stereocenters. The van der Waals surface area contributed by atoms with Crippen molar-refractivity contribution in [1.82, 2.24) is 29.2 Å². The van der Waals surface area contributed by atoms with E-state index in [0.717, 1.165) is 40.5 Å². The molecule has 1 saturated carbocycles. The van der Waals surface area contributed by atoms with Gasteiger partial charge in [0.05, 0.1) is 29.5 Å². The molecular weight excluding hydrogens is 484 g/mol. The highest BCUT2D eigenvalue weighted by atomic mass is 79.9. The molecule has 3 aliphatic rings. The van der Waals surface area contributed by atoms with Crippen molar-refractivity contribution in [2.45, 2.75) is 37.3 Å². The molecule has 2 aliphatic heterocycles. The van der Waals surface area contributed by atoms with Gasteiger partial charge in [-0.15, -0.1) is 0 Å². The summed E-state index contributed by atoms with van der Waals surface area (Å²) < 4.78 is 2.82. The second-order valence-corrected chi connectivity index (χ2v) is 10.6. The molecule has 1 aliphatic carbocycles. The summed E-state index contributed by atoms with van der Waals surface area (Å²) in [5, 5.41) is 3.40. The van der Waals surface area contributed by atoms with Crippen molar-refractivity contribution in [3.63, 3.8) is 0 Å². The summed E-state index contributed by atoms with van der Waals surface area (Å²) in [5.41, 5.74) is 3.80. The number of aromatic nitrogens is 4. The van der Waals surface area contributed by atoms with Crippen molar-refractivity contribution in [1.29, 1.82) is 0 Å². The van der Waals surface area contributed by atoms with E-state index in [1.54, 1.807) is 0 Å². The van der Waals surface area contributed by atoms with Gasteiger partial charge < -0.3 is 19.5 Å². The van der Waals surface area contributed by atoms with Gasteiger partial charge in [-0.2, -0.15) is 0 Å². The number of anilines is 2. The summed E-state index contributed by atoms with van der Waals surface area (Å²) in [7, 11) is 4.03. The van der Waals surface area contributed by atoms with Crippen LogP contribution in [-0.2, 0) is 0 Å². The largest absolute Gasteiger partial charge is 0.362 e. The molecule has 6 rings (SSSR count). The van der Waals surface area contributed by atoms with Gasteiger partial charge in [-0.1, -0.05) is 0 Å². The summed E-state index contributed by atoms with van der Waals surface area (Å²) in [6.07, 6.45) is 8.17. The van der Waals surface area contributed by atoms with Crippen molar-refractivity contribution < 1.29 is 4.79 Å². The zero-order chi connectivity index (χ0) is 22.9. The number of pyridine rings is 1. The number of urea groups is 1. The third-order valence-electron chi connectivity index (χ3n) is 7.16. The lowest BCUT2D eigenvalue weighted by Gasteiger charge is -2.49. The molecule has 1 spiro atoms. The summed E-state index contributed by atoms with van der Waals surface area (Å²) in [6.45, 7) is 4.56. The van der Waals surface area contributed by atoms with Crippen LogP contribution in [0.3, 0.4) is 0 Å². The average molecular weight is 511 g/mol. The highest BCUT2D eigenvalue weighted by molar-refractivity contribution is 9.10. The van der Waals surface area contributed by atoms with Crippen LogP contribution in [0.4, 0.5) is 16.3 Å². The van der Waals surface area contributed by atoms with Gasteiger partial charge >= 0.3 is 6.03 Å². The normalized spacial score (nSPS) is 21.2. The minimum absolute atomic E-state index is 0.0551. The summed E-state index contributed by atoms with van der Waals surface area (Å²) in [4.78, 5) is 32.8. The molecule has 3 aromatic heterocycles. The predicted octanol–water partition coefficient (Wildman–Crippen LogP) is 3.49. The molecule has 0 radical (unpaired) electrons. The Morgan fingerprint density at radius 1 is 1.15 bits per heavy atom. The van der Waals surface area contributed by atoms with Crippen LogP contribution in [-0.4, -0.2) is 74.5 Å². The lowest BCUT2D eigenvalue weighted by Crippen LogP contribution is -2.67. The molecule has 2 amide bonds. The van der Waals surface area contributed by atoms with Crippen LogP contribution in [0.15, 0.2) is 35.5 Å². The van der Waals surface area contributed by atoms with E-state index in [0.29, 0.717) is 12.5 Å². The minimum atomic E-state index is -0.108. The van der Waals surface area contributed by atoms with Gasteiger partial charge in [0.15, 0.2) is 5.65 Å². The van der Waals surface area contributed by atoms with Gasteiger partial charge in [0.25, 0.3) is 0 Å². The van der Waals surface area contributed by atoms with Crippen LogP contribution in [0.1, 0.15) is 43.0 Å². The first-order valence-electron chi connectivity index (χ1n) is 11.3. The number of likely N-dealkylation sites (tertiary alicyclic amines) is 1. The van der Waals surface area contributed by atoms with E-state index in [2.05, 4.69) is 72.9 Å². The molecule has 0 aromatic carbocycles. The standard InChI is InChI=1S/C23H27BrN8O/c1-14(27-20-7-19(24)25-13-26-20)17-9-31-8-16(15-4-5-15)6-18(21(31)28-17)32-12-23(10-29(2)11-23)30(3)22(32)33/h6-9,13-15H,4-5,10-12H2,1-3H3,(H,25,26,27)/t14-/m1/s1. The minimum Gasteiger partial charge on any atom is -0.362 e. The first-order chi connectivity index (χ1) is 15.8. The van der Waals surface area contributed by atoms with E-state index in [1.807, 2.05) is 22.9 Å². The first-order valence-corrected chi connectivity index (χ1v) is 12.1. The number of hydrogen-bond donors (Lipinski definition) is 1. The quantitative estimate of drug-likeness (QED) is 0.529. The number of nitrogens with one attached hydrogen (secondary N) is 1. The molecule has 10 heteroatoms. The SMILES string of the molecule is C[C@@H](Nc1cc(Br)ncn1)c1cn2cc(C3CC3)cc(N3CC4(CN(C)C4)N(C)C3=O)c2n1. The van der Waals surface area contributed by atoms with Gasteiger partial charge in [0, 0.05) is 38.6 Å². The molecule has 2 saturated heterocycles. The third kappa shape index (κ3) is 3.47. The van der Waals surface area contributed by atoms with Crippen LogP contribution in [0.5, 0.6) is 0 Å². The zero-order valence-electron chi connectivity index (χ0n) is 19.0. The Balaban J connectivity index is 1.38. The summed E-state index contributed by atoms with van der Waals surface area (Å²) >= 11 is 3.39. The fourth-order valence-corrected chi connectivity index (χ4v) is 5.50. The Kier molecular flexibility index (Phi) is 4.67. The van der Waals surface area contributed by atoms with Gasteiger partial charge in [-0.3, -0.25) is 4.90 Å². The molecule has 172 valence electrons. The monoisotopic (exact) mass is 510 g/mol. The molecule has 9 nitrogen and oxygen atoms in total. The van der Waals surface area contributed by atoms with Crippen LogP contribution in [0, 0.1) is 0 Å². The number of hydrogen-bond acceptors (Lipinski definition) is 6. The fourth-order valence-electron chi connectivity index (χ4n) is 5.19. The highest BCUT2D eigenvalue weighted by Gasteiger charge is 2.54. The predicted molar refractivity (Wildman–Crippen MR) is 130 cm³/mol. The molecule has 33 heavy (non-hydrogen) atoms. The summed E-state index contributed by atoms with van der Waals surface area (Å²) in [6, 6.07) is 4.03. The molecule has 1 N–H and O–H groups in total. The fraction of sp³-hybridized carbons (Fsp3) is 0.478. The maximum Gasteiger partial charge on any atom is 0.325 e. The Labute approximate surface area is 200 Å². The molecule has 5 heterocycles. The van der Waals surface area contributed by atoms with E-state index in [1.165, 1.54) is 24.7 Å². The second kappa shape index (κ2) is 7.39. The smallest absolute Gasteiger partial charge is 0.325 e. The van der Waals surface area contributed by atoms with E-state index in [-0.39, 0.29) is 17.6 Å². The third-order valence-corrected chi connectivity index (χ3v) is 7.60. The summed E-state index contributed by atoms with van der Waals surface area (Å²) in [5.74, 6) is 1.31. The van der Waals surface area contributed by atoms with Crippen molar-refractivity contribution >= 4 is 39.1 Å². The Morgan fingerprint density at radius 3 is 2.64 bits per heavy atom. The maximum absolute atomic E-state index is 13.3. The number of carbonyl (C=O) groups is 1. The Morgan fingerprint density at radius 2 is 1.94 bits per heavy atom. The van der Waals surface area contributed by atoms with Crippen LogP contribution in [0.25, 0.3) is 5.65 Å². The lowest BCUT2D eigenvalue weighted by atomic mass is 9.90. The number of carbonyl (C=O) groups excluding carboxylic acids is 1. The van der Waals surface area contributed by atoms with Crippen LogP contribution >= 0.6 is 15.9 Å². The molecule has 3 fully saturated rings. The van der Waals surface area contributed by atoms with Crippen molar-refractivity contribution in [2.24, 2.45) is 0 Å². The average Bonchev–Trinajstić information content (AvgIpc) is 3.47. The zero-order valence-corrected chi connectivity index (χ0v) is 20.6. The van der Waals surface area contributed by atoms with Gasteiger partial charge in [-0.05, 0) is 60.3 Å². The first kappa shape index (κ1) is 20.9. The Hall–Kier alpha value is -2.72. The maximum atomic E-state index is 13.3. The van der Waals surface area contributed by atoms with E-state index in [4.69, 9.17) is 4.98 Å². The lowest BCUT2D eigenvalue weighted by molar-refractivity contribution is 0.0243. The van der Waals surface area contributed by atoms with Gasteiger partial charge in [0.2, 0.25) is 0 Å². The van der Waals surface area contributed by atoms with Crippen molar-refractivity contribution in [2.75, 3.05) is 43.9 Å².